The summed E-state index contributed by atoms with van der Waals surface area (Å²) < 4.78 is 0. The van der Waals surface area contributed by atoms with Gasteiger partial charge in [-0.15, -0.1) is 0 Å². The standard InChI is InChI=1S/C12H16O2/c13-11-5-2-1-4-10(11)6-9-12(14)7-3-8-12/h1-2,4-5,13-14H,3,6-9H2. The Morgan fingerprint density at radius 2 is 1.93 bits per heavy atom. The Bertz CT molecular complexity index is 316. The van der Waals surface area contributed by atoms with E-state index in [-0.39, 0.29) is 0 Å². The van der Waals surface area contributed by atoms with Crippen LogP contribution in [0.15, 0.2) is 24.3 Å². The smallest absolute Gasteiger partial charge is 0.118 e. The monoisotopic (exact) mass is 192 g/mol. The number of rotatable bonds is 3. The highest BCUT2D eigenvalue weighted by Gasteiger charge is 2.33. The van der Waals surface area contributed by atoms with E-state index < -0.39 is 5.60 Å². The van der Waals surface area contributed by atoms with Gasteiger partial charge in [-0.1, -0.05) is 18.2 Å². The van der Waals surface area contributed by atoms with Crippen molar-refractivity contribution in [3.05, 3.63) is 29.8 Å². The lowest BCUT2D eigenvalue weighted by Gasteiger charge is -2.36. The largest absolute Gasteiger partial charge is 0.508 e. The second-order valence-corrected chi connectivity index (χ2v) is 4.21. The Hall–Kier alpha value is -1.02. The van der Waals surface area contributed by atoms with Crippen LogP contribution in [-0.2, 0) is 6.42 Å². The number of hydrogen-bond donors (Lipinski definition) is 2. The van der Waals surface area contributed by atoms with E-state index in [1.165, 1.54) is 0 Å². The number of aryl methyl sites for hydroxylation is 1. The molecule has 2 heteroatoms. The highest BCUT2D eigenvalue weighted by Crippen LogP contribution is 2.36. The van der Waals surface area contributed by atoms with Gasteiger partial charge < -0.3 is 10.2 Å². The summed E-state index contributed by atoms with van der Waals surface area (Å²) in [7, 11) is 0. The van der Waals surface area contributed by atoms with E-state index in [9.17, 15) is 10.2 Å². The molecule has 0 bridgehead atoms. The van der Waals surface area contributed by atoms with Crippen LogP contribution < -0.4 is 0 Å². The van der Waals surface area contributed by atoms with E-state index in [4.69, 9.17) is 0 Å². The molecule has 2 rings (SSSR count). The summed E-state index contributed by atoms with van der Waals surface area (Å²) in [5.74, 6) is 0.343. The predicted octanol–water partition coefficient (Wildman–Crippen LogP) is 2.24. The number of phenols is 1. The van der Waals surface area contributed by atoms with Crippen molar-refractivity contribution in [1.29, 1.82) is 0 Å². The summed E-state index contributed by atoms with van der Waals surface area (Å²) in [6.07, 6.45) is 4.51. The van der Waals surface area contributed by atoms with Crippen LogP contribution in [0.1, 0.15) is 31.2 Å². The lowest BCUT2D eigenvalue weighted by atomic mass is 9.76. The van der Waals surface area contributed by atoms with Crippen LogP contribution in [0, 0.1) is 0 Å². The molecule has 0 aliphatic heterocycles. The molecule has 0 saturated heterocycles. The van der Waals surface area contributed by atoms with Gasteiger partial charge in [0, 0.05) is 0 Å². The maximum absolute atomic E-state index is 9.88. The zero-order chi connectivity index (χ0) is 10.0. The number of aromatic hydroxyl groups is 1. The summed E-state index contributed by atoms with van der Waals surface area (Å²) >= 11 is 0. The molecule has 1 aromatic rings. The summed E-state index contributed by atoms with van der Waals surface area (Å²) in [4.78, 5) is 0. The van der Waals surface area contributed by atoms with E-state index in [1.807, 2.05) is 18.2 Å². The normalized spacial score (nSPS) is 18.9. The Labute approximate surface area is 84.2 Å². The van der Waals surface area contributed by atoms with Crippen LogP contribution in [0.25, 0.3) is 0 Å². The minimum absolute atomic E-state index is 0.343. The van der Waals surface area contributed by atoms with Gasteiger partial charge in [-0.3, -0.25) is 0 Å². The van der Waals surface area contributed by atoms with Crippen molar-refractivity contribution in [3.63, 3.8) is 0 Å². The fourth-order valence-corrected chi connectivity index (χ4v) is 1.92. The lowest BCUT2D eigenvalue weighted by molar-refractivity contribution is -0.0398. The molecule has 1 fully saturated rings. The van der Waals surface area contributed by atoms with Gasteiger partial charge in [0.15, 0.2) is 0 Å². The van der Waals surface area contributed by atoms with E-state index >= 15 is 0 Å². The molecule has 0 unspecified atom stereocenters. The molecular weight excluding hydrogens is 176 g/mol. The molecule has 2 nitrogen and oxygen atoms in total. The minimum Gasteiger partial charge on any atom is -0.508 e. The Morgan fingerprint density at radius 3 is 2.50 bits per heavy atom. The first kappa shape index (κ1) is 9.53. The zero-order valence-corrected chi connectivity index (χ0v) is 8.24. The van der Waals surface area contributed by atoms with Crippen molar-refractivity contribution in [2.75, 3.05) is 0 Å². The van der Waals surface area contributed by atoms with Gasteiger partial charge in [0.2, 0.25) is 0 Å². The van der Waals surface area contributed by atoms with Crippen molar-refractivity contribution in [3.8, 4) is 5.75 Å². The summed E-state index contributed by atoms with van der Waals surface area (Å²) in [6, 6.07) is 7.34. The van der Waals surface area contributed by atoms with Crippen LogP contribution in [0.3, 0.4) is 0 Å². The van der Waals surface area contributed by atoms with E-state index in [0.29, 0.717) is 5.75 Å². The first-order valence-corrected chi connectivity index (χ1v) is 5.19. The maximum Gasteiger partial charge on any atom is 0.118 e. The molecule has 0 amide bonds. The molecule has 0 spiro atoms. The molecule has 0 atom stereocenters. The Morgan fingerprint density at radius 1 is 1.21 bits per heavy atom. The third kappa shape index (κ3) is 1.90. The van der Waals surface area contributed by atoms with Crippen molar-refractivity contribution < 1.29 is 10.2 Å². The van der Waals surface area contributed by atoms with E-state index in [0.717, 1.165) is 37.7 Å². The van der Waals surface area contributed by atoms with Crippen molar-refractivity contribution in [2.24, 2.45) is 0 Å². The first-order valence-electron chi connectivity index (χ1n) is 5.19. The molecule has 14 heavy (non-hydrogen) atoms. The molecule has 76 valence electrons. The van der Waals surface area contributed by atoms with E-state index in [2.05, 4.69) is 0 Å². The predicted molar refractivity (Wildman–Crippen MR) is 55.2 cm³/mol. The van der Waals surface area contributed by atoms with Crippen LogP contribution in [0.5, 0.6) is 5.75 Å². The highest BCUT2D eigenvalue weighted by molar-refractivity contribution is 5.31. The Kier molecular flexibility index (Phi) is 2.46. The average molecular weight is 192 g/mol. The molecule has 0 aromatic heterocycles. The van der Waals surface area contributed by atoms with Gasteiger partial charge in [0.1, 0.15) is 5.75 Å². The Balaban J connectivity index is 1.95. The second kappa shape index (κ2) is 3.62. The van der Waals surface area contributed by atoms with E-state index in [1.54, 1.807) is 6.07 Å². The molecule has 1 aromatic carbocycles. The fourth-order valence-electron chi connectivity index (χ4n) is 1.92. The van der Waals surface area contributed by atoms with Crippen LogP contribution in [0.4, 0.5) is 0 Å². The summed E-state index contributed by atoms with van der Waals surface area (Å²) in [5.41, 5.74) is 0.496. The SMILES string of the molecule is Oc1ccccc1CCC1(O)CCC1. The quantitative estimate of drug-likeness (QED) is 0.771. The number of aliphatic hydroxyl groups is 1. The zero-order valence-electron chi connectivity index (χ0n) is 8.24. The molecule has 1 aliphatic carbocycles. The van der Waals surface area contributed by atoms with Gasteiger partial charge in [0.25, 0.3) is 0 Å². The number of phenolic OH excluding ortho intramolecular Hbond substituents is 1. The average Bonchev–Trinajstić information content (AvgIpc) is 2.14. The fraction of sp³-hybridized carbons (Fsp3) is 0.500. The molecule has 0 heterocycles. The first-order chi connectivity index (χ1) is 6.70. The number of para-hydroxylation sites is 1. The van der Waals surface area contributed by atoms with Crippen LogP contribution >= 0.6 is 0 Å². The van der Waals surface area contributed by atoms with Crippen LogP contribution in [-0.4, -0.2) is 15.8 Å². The van der Waals surface area contributed by atoms with Crippen molar-refractivity contribution in [1.82, 2.24) is 0 Å². The summed E-state index contributed by atoms with van der Waals surface area (Å²) in [5, 5.41) is 19.4. The van der Waals surface area contributed by atoms with Gasteiger partial charge >= 0.3 is 0 Å². The number of hydrogen-bond acceptors (Lipinski definition) is 2. The molecule has 2 N–H and O–H groups in total. The topological polar surface area (TPSA) is 40.5 Å². The molecule has 0 radical (unpaired) electrons. The highest BCUT2D eigenvalue weighted by atomic mass is 16.3. The third-order valence-electron chi connectivity index (χ3n) is 3.14. The van der Waals surface area contributed by atoms with Gasteiger partial charge in [-0.25, -0.2) is 0 Å². The summed E-state index contributed by atoms with van der Waals surface area (Å²) in [6.45, 7) is 0. The van der Waals surface area contributed by atoms with Gasteiger partial charge in [0.05, 0.1) is 5.60 Å². The van der Waals surface area contributed by atoms with Gasteiger partial charge in [-0.2, -0.15) is 0 Å². The maximum atomic E-state index is 9.88. The van der Waals surface area contributed by atoms with Gasteiger partial charge in [-0.05, 0) is 43.7 Å². The lowest BCUT2D eigenvalue weighted by Crippen LogP contribution is -2.36. The van der Waals surface area contributed by atoms with Crippen LogP contribution in [0.2, 0.25) is 0 Å². The van der Waals surface area contributed by atoms with Crippen molar-refractivity contribution >= 4 is 0 Å². The minimum atomic E-state index is -0.442. The molecular formula is C12H16O2. The second-order valence-electron chi connectivity index (χ2n) is 4.21. The van der Waals surface area contributed by atoms with Crippen molar-refractivity contribution in [2.45, 2.75) is 37.7 Å². The molecule has 1 aliphatic rings. The number of benzene rings is 1. The molecule has 1 saturated carbocycles. The third-order valence-corrected chi connectivity index (χ3v) is 3.14.